The van der Waals surface area contributed by atoms with Crippen molar-refractivity contribution in [2.45, 2.75) is 50.0 Å². The fraction of sp³-hybridized carbons (Fsp3) is 0.357. The molecule has 5 rings (SSSR count). The topological polar surface area (TPSA) is 92.5 Å². The van der Waals surface area contributed by atoms with Crippen LogP contribution in [0.5, 0.6) is 0 Å². The van der Waals surface area contributed by atoms with Crippen molar-refractivity contribution in [1.82, 2.24) is 14.8 Å². The van der Waals surface area contributed by atoms with E-state index in [1.165, 1.54) is 28.1 Å². The summed E-state index contributed by atoms with van der Waals surface area (Å²) in [5, 5.41) is 7.04. The molecule has 0 radical (unpaired) electrons. The SMILES string of the molecule is Cc1noc(/C=C/c2ccccc2F)c1S(=O)(=O)N1CCCC(C(=O)NC2CCCc3ccccc32)C1. The Labute approximate surface area is 216 Å². The summed E-state index contributed by atoms with van der Waals surface area (Å²) in [6, 6.07) is 14.3. The van der Waals surface area contributed by atoms with Crippen molar-refractivity contribution in [2.24, 2.45) is 5.92 Å². The van der Waals surface area contributed by atoms with Gasteiger partial charge >= 0.3 is 0 Å². The fourth-order valence-corrected chi connectivity index (χ4v) is 7.05. The predicted octanol–water partition coefficient (Wildman–Crippen LogP) is 4.89. The average molecular weight is 524 g/mol. The summed E-state index contributed by atoms with van der Waals surface area (Å²) < 4.78 is 48.0. The van der Waals surface area contributed by atoms with Crippen LogP contribution in [-0.4, -0.2) is 36.9 Å². The second-order valence-corrected chi connectivity index (χ2v) is 11.5. The highest BCUT2D eigenvalue weighted by molar-refractivity contribution is 7.89. The quantitative estimate of drug-likeness (QED) is 0.497. The molecule has 1 fully saturated rings. The molecular weight excluding hydrogens is 493 g/mol. The van der Waals surface area contributed by atoms with Crippen molar-refractivity contribution in [3.63, 3.8) is 0 Å². The minimum Gasteiger partial charge on any atom is -0.355 e. The highest BCUT2D eigenvalue weighted by Crippen LogP contribution is 2.32. The van der Waals surface area contributed by atoms with Crippen molar-refractivity contribution in [2.75, 3.05) is 13.1 Å². The third kappa shape index (κ3) is 5.24. The number of carbonyl (C=O) groups is 1. The van der Waals surface area contributed by atoms with Crippen LogP contribution in [0.3, 0.4) is 0 Å². The minimum atomic E-state index is -3.99. The first-order valence-corrected chi connectivity index (χ1v) is 14.1. The predicted molar refractivity (Wildman–Crippen MR) is 138 cm³/mol. The molecule has 7 nitrogen and oxygen atoms in total. The fourth-order valence-electron chi connectivity index (χ4n) is 5.27. The monoisotopic (exact) mass is 523 g/mol. The number of hydrogen-bond donors (Lipinski definition) is 1. The molecule has 1 aromatic heterocycles. The number of nitrogens with one attached hydrogen (secondary N) is 1. The van der Waals surface area contributed by atoms with E-state index in [0.717, 1.165) is 24.8 Å². The Morgan fingerprint density at radius 1 is 1.11 bits per heavy atom. The lowest BCUT2D eigenvalue weighted by Gasteiger charge is -2.33. The lowest BCUT2D eigenvalue weighted by atomic mass is 9.87. The number of aryl methyl sites for hydroxylation is 2. The average Bonchev–Trinajstić information content (AvgIpc) is 3.29. The number of hydrogen-bond acceptors (Lipinski definition) is 5. The lowest BCUT2D eigenvalue weighted by Crippen LogP contribution is -2.46. The zero-order valence-electron chi connectivity index (χ0n) is 20.7. The Hall–Kier alpha value is -3.30. The van der Waals surface area contributed by atoms with Gasteiger partial charge in [0.15, 0.2) is 10.7 Å². The van der Waals surface area contributed by atoms with Crippen LogP contribution in [0.1, 0.15) is 59.9 Å². The normalized spacial score (nSPS) is 20.6. The van der Waals surface area contributed by atoms with Crippen LogP contribution >= 0.6 is 0 Å². The Bertz CT molecular complexity index is 1430. The van der Waals surface area contributed by atoms with E-state index in [1.807, 2.05) is 12.1 Å². The van der Waals surface area contributed by atoms with Gasteiger partial charge in [-0.3, -0.25) is 4.79 Å². The van der Waals surface area contributed by atoms with Gasteiger partial charge in [0.1, 0.15) is 11.5 Å². The van der Waals surface area contributed by atoms with Crippen molar-refractivity contribution in [3.8, 4) is 0 Å². The standard InChI is InChI=1S/C28H30FN3O4S/c1-19-27(26(36-31-19)16-15-21-9-3-5-13-24(21)29)37(34,35)32-17-7-11-22(18-32)28(33)30-25-14-6-10-20-8-2-4-12-23(20)25/h2-5,8-9,12-13,15-16,22,25H,6-7,10-11,14,17-18H2,1H3,(H,30,33)/b16-15+. The summed E-state index contributed by atoms with van der Waals surface area (Å²) in [6.45, 7) is 1.95. The molecule has 2 aliphatic rings. The van der Waals surface area contributed by atoms with Gasteiger partial charge in [-0.1, -0.05) is 47.6 Å². The van der Waals surface area contributed by atoms with E-state index >= 15 is 0 Å². The maximum absolute atomic E-state index is 14.0. The van der Waals surface area contributed by atoms with Crippen LogP contribution in [0.2, 0.25) is 0 Å². The van der Waals surface area contributed by atoms with Crippen molar-refractivity contribution < 1.29 is 22.1 Å². The molecule has 3 aromatic rings. The first kappa shape index (κ1) is 25.4. The number of nitrogens with zero attached hydrogens (tertiary/aromatic N) is 2. The number of amides is 1. The van der Waals surface area contributed by atoms with Gasteiger partial charge in [0.2, 0.25) is 15.9 Å². The number of halogens is 1. The van der Waals surface area contributed by atoms with Crippen LogP contribution in [0.4, 0.5) is 4.39 Å². The number of sulfonamides is 1. The molecule has 2 aromatic carbocycles. The smallest absolute Gasteiger partial charge is 0.248 e. The highest BCUT2D eigenvalue weighted by Gasteiger charge is 2.37. The van der Waals surface area contributed by atoms with E-state index in [-0.39, 0.29) is 34.8 Å². The second-order valence-electron chi connectivity index (χ2n) is 9.67. The van der Waals surface area contributed by atoms with Crippen LogP contribution in [0.25, 0.3) is 12.2 Å². The van der Waals surface area contributed by atoms with Crippen molar-refractivity contribution >= 4 is 28.1 Å². The summed E-state index contributed by atoms with van der Waals surface area (Å²) in [7, 11) is -3.99. The summed E-state index contributed by atoms with van der Waals surface area (Å²) in [6.07, 6.45) is 6.95. The van der Waals surface area contributed by atoms with Crippen LogP contribution in [0, 0.1) is 18.7 Å². The number of fused-ring (bicyclic) bond motifs is 1. The zero-order valence-corrected chi connectivity index (χ0v) is 21.5. The summed E-state index contributed by atoms with van der Waals surface area (Å²) in [5.41, 5.74) is 2.93. The molecule has 2 atom stereocenters. The molecule has 194 valence electrons. The minimum absolute atomic E-state index is 0.0335. The third-order valence-corrected chi connectivity index (χ3v) is 9.22. The van der Waals surface area contributed by atoms with Gasteiger partial charge < -0.3 is 9.84 Å². The number of rotatable bonds is 6. The highest BCUT2D eigenvalue weighted by atomic mass is 32.2. The van der Waals surface area contributed by atoms with E-state index in [4.69, 9.17) is 4.52 Å². The van der Waals surface area contributed by atoms with Gasteiger partial charge in [0, 0.05) is 18.7 Å². The molecule has 0 bridgehead atoms. The number of benzene rings is 2. The third-order valence-electron chi connectivity index (χ3n) is 7.19. The summed E-state index contributed by atoms with van der Waals surface area (Å²) >= 11 is 0. The number of aromatic nitrogens is 1. The molecule has 1 amide bonds. The molecular formula is C28H30FN3O4S. The molecule has 37 heavy (non-hydrogen) atoms. The van der Waals surface area contributed by atoms with Crippen molar-refractivity contribution in [1.29, 1.82) is 0 Å². The van der Waals surface area contributed by atoms with E-state index in [1.54, 1.807) is 25.1 Å². The Morgan fingerprint density at radius 3 is 2.73 bits per heavy atom. The first-order valence-electron chi connectivity index (χ1n) is 12.6. The molecule has 2 unspecified atom stereocenters. The largest absolute Gasteiger partial charge is 0.355 e. The van der Waals surface area contributed by atoms with Gasteiger partial charge in [-0.25, -0.2) is 12.8 Å². The van der Waals surface area contributed by atoms with E-state index in [9.17, 15) is 17.6 Å². The second kappa shape index (κ2) is 10.6. The summed E-state index contributed by atoms with van der Waals surface area (Å²) in [5.74, 6) is -0.963. The molecule has 1 aliphatic carbocycles. The van der Waals surface area contributed by atoms with E-state index in [0.29, 0.717) is 24.9 Å². The van der Waals surface area contributed by atoms with Crippen LogP contribution in [0.15, 0.2) is 57.9 Å². The van der Waals surface area contributed by atoms with Gasteiger partial charge in [-0.15, -0.1) is 0 Å². The molecule has 0 saturated carbocycles. The maximum Gasteiger partial charge on any atom is 0.248 e. The number of carbonyl (C=O) groups excluding carboxylic acids is 1. The summed E-state index contributed by atoms with van der Waals surface area (Å²) in [4.78, 5) is 13.2. The Morgan fingerprint density at radius 2 is 1.89 bits per heavy atom. The molecule has 0 spiro atoms. The zero-order chi connectivity index (χ0) is 26.0. The molecule has 9 heteroatoms. The molecule has 1 N–H and O–H groups in total. The van der Waals surface area contributed by atoms with Crippen LogP contribution < -0.4 is 5.32 Å². The first-order chi connectivity index (χ1) is 17.8. The lowest BCUT2D eigenvalue weighted by molar-refractivity contribution is -0.127. The number of piperidine rings is 1. The van der Waals surface area contributed by atoms with Gasteiger partial charge in [-0.2, -0.15) is 4.31 Å². The molecule has 1 saturated heterocycles. The van der Waals surface area contributed by atoms with Crippen LogP contribution in [-0.2, 0) is 21.2 Å². The van der Waals surface area contributed by atoms with E-state index < -0.39 is 21.8 Å². The molecule has 2 heterocycles. The van der Waals surface area contributed by atoms with Gasteiger partial charge in [0.25, 0.3) is 0 Å². The maximum atomic E-state index is 14.0. The van der Waals surface area contributed by atoms with E-state index in [2.05, 4.69) is 22.6 Å². The van der Waals surface area contributed by atoms with Gasteiger partial charge in [-0.05, 0) is 68.4 Å². The van der Waals surface area contributed by atoms with Gasteiger partial charge in [0.05, 0.1) is 12.0 Å². The molecule has 1 aliphatic heterocycles. The Balaban J connectivity index is 1.33. The van der Waals surface area contributed by atoms with Crippen molar-refractivity contribution in [3.05, 3.63) is 82.5 Å². The Kier molecular flexibility index (Phi) is 7.26.